The zero-order chi connectivity index (χ0) is 34.4. The number of carboxylic acid groups (broad SMARTS) is 1. The number of rotatable bonds is 9. The molecule has 12 nitrogen and oxygen atoms in total. The lowest BCUT2D eigenvalue weighted by Crippen LogP contribution is -2.36. The van der Waals surface area contributed by atoms with Crippen LogP contribution >= 0.6 is 0 Å². The number of hydrogen-bond acceptors (Lipinski definition) is 7. The molecule has 0 aliphatic rings. The van der Waals surface area contributed by atoms with Gasteiger partial charge in [0.15, 0.2) is 11.5 Å². The second kappa shape index (κ2) is 14.1. The molecule has 6 aromatic rings. The lowest BCUT2D eigenvalue weighted by molar-refractivity contribution is 0.0696. The molecule has 4 aromatic carbocycles. The van der Waals surface area contributed by atoms with Crippen molar-refractivity contribution < 1.29 is 29.0 Å². The number of carbonyl (C=O) groups excluding carboxylic acids is 2. The number of aromatic carboxylic acids is 1. The van der Waals surface area contributed by atoms with Gasteiger partial charge in [0, 0.05) is 28.8 Å². The maximum Gasteiger partial charge on any atom is 0.335 e. The fraction of sp³-hybridized carbons (Fsp3) is 0.194. The van der Waals surface area contributed by atoms with Gasteiger partial charge < -0.3 is 35.2 Å². The SMILES string of the molecule is COc1ccc(C(=O)Nc2ccc(C(C)(C)CNC(=O)c3ccc4nc[nH]c4c3)cc2)cc1OC.Cc1nc2ccc(C(=O)O)cc2[nH]1. The minimum absolute atomic E-state index is 0.145. The van der Waals surface area contributed by atoms with Crippen LogP contribution in [0.15, 0.2) is 85.2 Å². The highest BCUT2D eigenvalue weighted by molar-refractivity contribution is 6.04. The fourth-order valence-corrected chi connectivity index (χ4v) is 5.04. The van der Waals surface area contributed by atoms with E-state index in [0.29, 0.717) is 34.9 Å². The third-order valence-electron chi connectivity index (χ3n) is 7.79. The summed E-state index contributed by atoms with van der Waals surface area (Å²) in [6.07, 6.45) is 1.61. The van der Waals surface area contributed by atoms with Crippen LogP contribution in [0.1, 0.15) is 56.3 Å². The summed E-state index contributed by atoms with van der Waals surface area (Å²) in [5.74, 6) is 0.521. The molecule has 0 aliphatic carbocycles. The summed E-state index contributed by atoms with van der Waals surface area (Å²) < 4.78 is 10.5. The number of carbonyl (C=O) groups is 3. The van der Waals surface area contributed by atoms with Gasteiger partial charge >= 0.3 is 5.97 Å². The van der Waals surface area contributed by atoms with Crippen LogP contribution in [0.4, 0.5) is 5.69 Å². The number of hydrogen-bond donors (Lipinski definition) is 5. The van der Waals surface area contributed by atoms with Crippen LogP contribution in [0, 0.1) is 6.92 Å². The minimum atomic E-state index is -0.922. The van der Waals surface area contributed by atoms with Gasteiger partial charge in [-0.2, -0.15) is 0 Å². The molecule has 0 radical (unpaired) electrons. The van der Waals surface area contributed by atoms with E-state index in [4.69, 9.17) is 14.6 Å². The average molecular weight is 649 g/mol. The van der Waals surface area contributed by atoms with Gasteiger partial charge in [0.2, 0.25) is 0 Å². The van der Waals surface area contributed by atoms with E-state index in [2.05, 4.69) is 44.4 Å². The first-order chi connectivity index (χ1) is 23.0. The number of imidazole rings is 2. The van der Waals surface area contributed by atoms with E-state index in [-0.39, 0.29) is 22.8 Å². The lowest BCUT2D eigenvalue weighted by Gasteiger charge is -2.26. The van der Waals surface area contributed by atoms with Gasteiger partial charge in [-0.15, -0.1) is 0 Å². The average Bonchev–Trinajstić information content (AvgIpc) is 3.72. The number of aromatic amines is 2. The van der Waals surface area contributed by atoms with Crippen LogP contribution in [0.2, 0.25) is 0 Å². The Labute approximate surface area is 276 Å². The molecular weight excluding hydrogens is 612 g/mol. The molecule has 0 unspecified atom stereocenters. The van der Waals surface area contributed by atoms with Crippen molar-refractivity contribution in [3.8, 4) is 11.5 Å². The first-order valence-corrected chi connectivity index (χ1v) is 15.0. The number of aromatic nitrogens is 4. The van der Waals surface area contributed by atoms with Gasteiger partial charge in [-0.25, -0.2) is 14.8 Å². The van der Waals surface area contributed by atoms with E-state index in [9.17, 15) is 14.4 Å². The number of H-pyrrole nitrogens is 2. The summed E-state index contributed by atoms with van der Waals surface area (Å²) >= 11 is 0. The number of nitrogens with zero attached hydrogens (tertiary/aromatic N) is 2. The Bertz CT molecular complexity index is 2100. The number of anilines is 1. The van der Waals surface area contributed by atoms with Crippen molar-refractivity contribution in [2.24, 2.45) is 0 Å². The fourth-order valence-electron chi connectivity index (χ4n) is 5.04. The van der Waals surface area contributed by atoms with Crippen LogP contribution in [0.3, 0.4) is 0 Å². The molecule has 2 amide bonds. The molecule has 0 saturated carbocycles. The Hall–Kier alpha value is -6.17. The predicted molar refractivity (Wildman–Crippen MR) is 183 cm³/mol. The van der Waals surface area contributed by atoms with E-state index in [1.807, 2.05) is 37.3 Å². The molecule has 0 aliphatic heterocycles. The van der Waals surface area contributed by atoms with Crippen LogP contribution in [-0.2, 0) is 5.41 Å². The van der Waals surface area contributed by atoms with E-state index in [1.165, 1.54) is 7.11 Å². The summed E-state index contributed by atoms with van der Waals surface area (Å²) in [4.78, 5) is 50.3. The number of ether oxygens (including phenoxy) is 2. The summed E-state index contributed by atoms with van der Waals surface area (Å²) in [7, 11) is 3.08. The summed E-state index contributed by atoms with van der Waals surface area (Å²) in [5.41, 5.74) is 5.89. The van der Waals surface area contributed by atoms with Gasteiger partial charge in [-0.05, 0) is 79.2 Å². The van der Waals surface area contributed by atoms with Gasteiger partial charge in [0.25, 0.3) is 11.8 Å². The summed E-state index contributed by atoms with van der Waals surface area (Å²) in [6, 6.07) is 22.8. The molecule has 0 atom stereocenters. The normalized spacial score (nSPS) is 11.0. The topological polar surface area (TPSA) is 171 Å². The molecule has 0 saturated heterocycles. The number of fused-ring (bicyclic) bond motifs is 2. The highest BCUT2D eigenvalue weighted by Crippen LogP contribution is 2.28. The number of nitrogens with one attached hydrogen (secondary N) is 4. The number of aryl methyl sites for hydroxylation is 1. The smallest absolute Gasteiger partial charge is 0.335 e. The Morgan fingerprint density at radius 1 is 0.792 bits per heavy atom. The largest absolute Gasteiger partial charge is 0.493 e. The van der Waals surface area contributed by atoms with E-state index >= 15 is 0 Å². The molecule has 2 heterocycles. The predicted octanol–water partition coefficient (Wildman–Crippen LogP) is 6.11. The molecule has 246 valence electrons. The molecule has 0 bridgehead atoms. The van der Waals surface area contributed by atoms with Crippen molar-refractivity contribution in [3.05, 3.63) is 113 Å². The first kappa shape index (κ1) is 33.2. The van der Waals surface area contributed by atoms with Gasteiger partial charge in [-0.1, -0.05) is 26.0 Å². The molecule has 6 rings (SSSR count). The van der Waals surface area contributed by atoms with Crippen LogP contribution in [-0.4, -0.2) is 63.6 Å². The van der Waals surface area contributed by atoms with E-state index in [1.54, 1.807) is 62.0 Å². The van der Waals surface area contributed by atoms with Crippen molar-refractivity contribution in [1.29, 1.82) is 0 Å². The van der Waals surface area contributed by atoms with Crippen LogP contribution < -0.4 is 20.1 Å². The molecule has 5 N–H and O–H groups in total. The second-order valence-electron chi connectivity index (χ2n) is 11.7. The highest BCUT2D eigenvalue weighted by Gasteiger charge is 2.22. The second-order valence-corrected chi connectivity index (χ2v) is 11.7. The Morgan fingerprint density at radius 2 is 1.44 bits per heavy atom. The maximum atomic E-state index is 12.7. The zero-order valence-electron chi connectivity index (χ0n) is 27.2. The van der Waals surface area contributed by atoms with Crippen molar-refractivity contribution in [2.75, 3.05) is 26.1 Å². The van der Waals surface area contributed by atoms with Crippen LogP contribution in [0.25, 0.3) is 22.1 Å². The number of amides is 2. The van der Waals surface area contributed by atoms with Gasteiger partial charge in [-0.3, -0.25) is 9.59 Å². The Morgan fingerprint density at radius 3 is 2.15 bits per heavy atom. The maximum absolute atomic E-state index is 12.7. The third-order valence-corrected chi connectivity index (χ3v) is 7.79. The quantitative estimate of drug-likeness (QED) is 0.125. The van der Waals surface area contributed by atoms with E-state index in [0.717, 1.165) is 33.5 Å². The minimum Gasteiger partial charge on any atom is -0.493 e. The summed E-state index contributed by atoms with van der Waals surface area (Å²) in [6.45, 7) is 6.40. The van der Waals surface area contributed by atoms with Gasteiger partial charge in [0.1, 0.15) is 5.82 Å². The van der Waals surface area contributed by atoms with Gasteiger partial charge in [0.05, 0.1) is 48.2 Å². The first-order valence-electron chi connectivity index (χ1n) is 15.0. The Kier molecular flexibility index (Phi) is 9.74. The zero-order valence-corrected chi connectivity index (χ0v) is 27.2. The molecule has 0 fully saturated rings. The molecular formula is C36H36N6O6. The van der Waals surface area contributed by atoms with Crippen LogP contribution in [0.5, 0.6) is 11.5 Å². The molecule has 2 aromatic heterocycles. The lowest BCUT2D eigenvalue weighted by atomic mass is 9.84. The molecule has 0 spiro atoms. The third kappa shape index (κ3) is 7.61. The molecule has 48 heavy (non-hydrogen) atoms. The monoisotopic (exact) mass is 648 g/mol. The standard InChI is InChI=1S/C27H28N4O4.C9H8N2O2/c1-27(2,15-28-25(32)17-5-11-21-22(13-17)30-16-29-21)19-7-9-20(10-8-19)31-26(33)18-6-12-23(34-3)24(14-18)35-4;1-5-10-7-3-2-6(9(12)13)4-8(7)11-5/h5-14,16H,15H2,1-4H3,(H,28,32)(H,29,30)(H,31,33);2-4H,1H3,(H,10,11)(H,12,13). The number of carboxylic acids is 1. The van der Waals surface area contributed by atoms with E-state index < -0.39 is 5.97 Å². The number of methoxy groups -OCH3 is 2. The Balaban J connectivity index is 0.000000288. The summed E-state index contributed by atoms with van der Waals surface area (Å²) in [5, 5.41) is 14.6. The van der Waals surface area contributed by atoms with Crippen molar-refractivity contribution in [1.82, 2.24) is 25.3 Å². The van der Waals surface area contributed by atoms with Crippen molar-refractivity contribution >= 4 is 45.5 Å². The molecule has 12 heteroatoms. The van der Waals surface area contributed by atoms with Crippen molar-refractivity contribution in [3.63, 3.8) is 0 Å². The van der Waals surface area contributed by atoms with Crippen molar-refractivity contribution in [2.45, 2.75) is 26.2 Å². The number of benzene rings is 4. The highest BCUT2D eigenvalue weighted by atomic mass is 16.5.